The van der Waals surface area contributed by atoms with Crippen LogP contribution in [0.5, 0.6) is 11.5 Å². The van der Waals surface area contributed by atoms with Gasteiger partial charge in [0.2, 0.25) is 0 Å². The molecule has 4 nitrogen and oxygen atoms in total. The summed E-state index contributed by atoms with van der Waals surface area (Å²) in [5, 5.41) is 9.91. The summed E-state index contributed by atoms with van der Waals surface area (Å²) in [6.07, 6.45) is 3.62. The molecule has 1 heterocycles. The number of benzene rings is 1. The van der Waals surface area contributed by atoms with E-state index in [0.29, 0.717) is 18.3 Å². The van der Waals surface area contributed by atoms with Crippen LogP contribution in [0.2, 0.25) is 0 Å². The van der Waals surface area contributed by atoms with Gasteiger partial charge in [-0.1, -0.05) is 6.42 Å². The molecule has 0 bridgehead atoms. The van der Waals surface area contributed by atoms with E-state index in [2.05, 4.69) is 4.90 Å². The predicted octanol–water partition coefficient (Wildman–Crippen LogP) is 1.71. The van der Waals surface area contributed by atoms with Crippen LogP contribution in [0.15, 0.2) is 18.2 Å². The lowest BCUT2D eigenvalue weighted by Crippen LogP contribution is -2.43. The first-order valence-corrected chi connectivity index (χ1v) is 6.54. The summed E-state index contributed by atoms with van der Waals surface area (Å²) in [6, 6.07) is 5.80. The first kappa shape index (κ1) is 13.2. The van der Waals surface area contributed by atoms with Gasteiger partial charge in [0.05, 0.1) is 7.11 Å². The van der Waals surface area contributed by atoms with E-state index < -0.39 is 0 Å². The van der Waals surface area contributed by atoms with Gasteiger partial charge < -0.3 is 15.6 Å². The molecule has 0 amide bonds. The van der Waals surface area contributed by atoms with Crippen LogP contribution in [-0.4, -0.2) is 36.2 Å². The van der Waals surface area contributed by atoms with Crippen molar-refractivity contribution >= 4 is 0 Å². The molecule has 1 saturated heterocycles. The number of hydrogen-bond acceptors (Lipinski definition) is 4. The fourth-order valence-corrected chi connectivity index (χ4v) is 2.57. The largest absolute Gasteiger partial charge is 0.508 e. The molecular formula is C14H22N2O2. The van der Waals surface area contributed by atoms with Gasteiger partial charge in [0, 0.05) is 24.7 Å². The third-order valence-corrected chi connectivity index (χ3v) is 3.68. The number of ether oxygens (including phenoxy) is 1. The molecule has 1 aliphatic heterocycles. The van der Waals surface area contributed by atoms with Crippen molar-refractivity contribution in [2.45, 2.75) is 31.8 Å². The third-order valence-electron chi connectivity index (χ3n) is 3.68. The van der Waals surface area contributed by atoms with Crippen LogP contribution in [0.4, 0.5) is 0 Å². The Hall–Kier alpha value is -1.26. The van der Waals surface area contributed by atoms with Crippen molar-refractivity contribution < 1.29 is 9.84 Å². The average Bonchev–Trinajstić information content (AvgIpc) is 2.42. The lowest BCUT2D eigenvalue weighted by Gasteiger charge is -2.35. The number of methoxy groups -OCH3 is 1. The smallest absolute Gasteiger partial charge is 0.120 e. The fraction of sp³-hybridized carbons (Fsp3) is 0.571. The maximum Gasteiger partial charge on any atom is 0.120 e. The summed E-state index contributed by atoms with van der Waals surface area (Å²) in [7, 11) is 1.64. The van der Waals surface area contributed by atoms with E-state index in [1.54, 1.807) is 19.2 Å². The second-order valence-electron chi connectivity index (χ2n) is 4.85. The first-order valence-electron chi connectivity index (χ1n) is 6.54. The van der Waals surface area contributed by atoms with Gasteiger partial charge in [0.1, 0.15) is 11.5 Å². The van der Waals surface area contributed by atoms with Gasteiger partial charge in [-0.3, -0.25) is 4.90 Å². The van der Waals surface area contributed by atoms with Gasteiger partial charge in [-0.2, -0.15) is 0 Å². The van der Waals surface area contributed by atoms with Crippen LogP contribution in [0.1, 0.15) is 24.8 Å². The number of nitrogens with two attached hydrogens (primary N) is 1. The number of rotatable bonds is 4. The Kier molecular flexibility index (Phi) is 4.44. The van der Waals surface area contributed by atoms with Gasteiger partial charge in [-0.15, -0.1) is 0 Å². The highest BCUT2D eigenvalue weighted by Crippen LogP contribution is 2.26. The van der Waals surface area contributed by atoms with Crippen LogP contribution in [0.3, 0.4) is 0 Å². The highest BCUT2D eigenvalue weighted by atomic mass is 16.5. The van der Waals surface area contributed by atoms with Crippen molar-refractivity contribution in [1.82, 2.24) is 4.90 Å². The molecule has 0 spiro atoms. The zero-order valence-corrected chi connectivity index (χ0v) is 10.9. The van der Waals surface area contributed by atoms with Gasteiger partial charge in [-0.25, -0.2) is 0 Å². The molecule has 1 atom stereocenters. The Morgan fingerprint density at radius 2 is 2.28 bits per heavy atom. The Labute approximate surface area is 108 Å². The SMILES string of the molecule is COc1ccc(O)c(CN2CCCCC2CN)c1. The second kappa shape index (κ2) is 6.07. The highest BCUT2D eigenvalue weighted by Gasteiger charge is 2.22. The van der Waals surface area contributed by atoms with Crippen molar-refractivity contribution in [1.29, 1.82) is 0 Å². The van der Waals surface area contributed by atoms with Gasteiger partial charge >= 0.3 is 0 Å². The Morgan fingerprint density at radius 1 is 1.44 bits per heavy atom. The number of phenols is 1. The Balaban J connectivity index is 2.11. The topological polar surface area (TPSA) is 58.7 Å². The minimum absolute atomic E-state index is 0.331. The summed E-state index contributed by atoms with van der Waals surface area (Å²) < 4.78 is 5.20. The summed E-state index contributed by atoms with van der Waals surface area (Å²) >= 11 is 0. The highest BCUT2D eigenvalue weighted by molar-refractivity contribution is 5.39. The summed E-state index contributed by atoms with van der Waals surface area (Å²) in [6.45, 7) is 2.48. The van der Waals surface area contributed by atoms with Crippen LogP contribution < -0.4 is 10.5 Å². The van der Waals surface area contributed by atoms with E-state index in [-0.39, 0.29) is 0 Å². The molecule has 0 saturated carbocycles. The maximum absolute atomic E-state index is 9.91. The molecule has 4 heteroatoms. The maximum atomic E-state index is 9.91. The van der Waals surface area contributed by atoms with Crippen LogP contribution >= 0.6 is 0 Å². The summed E-state index contributed by atoms with van der Waals surface area (Å²) in [4.78, 5) is 2.36. The van der Waals surface area contributed by atoms with Gasteiger partial charge in [-0.05, 0) is 37.6 Å². The fourth-order valence-electron chi connectivity index (χ4n) is 2.57. The molecule has 1 aliphatic rings. The molecule has 0 aromatic heterocycles. The number of aromatic hydroxyl groups is 1. The van der Waals surface area contributed by atoms with E-state index in [0.717, 1.165) is 30.8 Å². The molecule has 1 unspecified atom stereocenters. The molecule has 100 valence electrons. The van der Waals surface area contributed by atoms with E-state index >= 15 is 0 Å². The van der Waals surface area contributed by atoms with Crippen molar-refractivity contribution in [3.05, 3.63) is 23.8 Å². The number of piperidine rings is 1. The lowest BCUT2D eigenvalue weighted by atomic mass is 10.0. The first-order chi connectivity index (χ1) is 8.74. The number of phenolic OH excluding ortho intramolecular Hbond substituents is 1. The van der Waals surface area contributed by atoms with Crippen LogP contribution in [0, 0.1) is 0 Å². The lowest BCUT2D eigenvalue weighted by molar-refractivity contribution is 0.143. The molecule has 1 fully saturated rings. The molecule has 3 N–H and O–H groups in total. The standard InChI is InChI=1S/C14H22N2O2/c1-18-13-5-6-14(17)11(8-13)10-16-7-3-2-4-12(16)9-15/h5-6,8,12,17H,2-4,7,9-10,15H2,1H3. The second-order valence-corrected chi connectivity index (χ2v) is 4.85. The van der Waals surface area contributed by atoms with Crippen molar-refractivity contribution in [2.24, 2.45) is 5.73 Å². The molecule has 0 radical (unpaired) electrons. The van der Waals surface area contributed by atoms with Crippen LogP contribution in [0.25, 0.3) is 0 Å². The van der Waals surface area contributed by atoms with E-state index in [4.69, 9.17) is 10.5 Å². The van der Waals surface area contributed by atoms with E-state index in [1.807, 2.05) is 6.07 Å². The third kappa shape index (κ3) is 2.94. The van der Waals surface area contributed by atoms with Gasteiger partial charge in [0.15, 0.2) is 0 Å². The average molecular weight is 250 g/mol. The van der Waals surface area contributed by atoms with E-state index in [1.165, 1.54) is 12.8 Å². The van der Waals surface area contributed by atoms with Crippen molar-refractivity contribution in [3.63, 3.8) is 0 Å². The summed E-state index contributed by atoms with van der Waals surface area (Å²) in [5.74, 6) is 1.11. The molecule has 1 aromatic carbocycles. The van der Waals surface area contributed by atoms with Crippen LogP contribution in [-0.2, 0) is 6.54 Å². The minimum Gasteiger partial charge on any atom is -0.508 e. The quantitative estimate of drug-likeness (QED) is 0.854. The zero-order valence-electron chi connectivity index (χ0n) is 10.9. The monoisotopic (exact) mass is 250 g/mol. The Morgan fingerprint density at radius 3 is 3.00 bits per heavy atom. The van der Waals surface area contributed by atoms with Crippen molar-refractivity contribution in [2.75, 3.05) is 20.2 Å². The summed E-state index contributed by atoms with van der Waals surface area (Å²) in [5.41, 5.74) is 6.72. The molecule has 2 rings (SSSR count). The molecular weight excluding hydrogens is 228 g/mol. The molecule has 18 heavy (non-hydrogen) atoms. The normalized spacial score (nSPS) is 20.9. The number of nitrogens with zero attached hydrogens (tertiary/aromatic N) is 1. The van der Waals surface area contributed by atoms with Gasteiger partial charge in [0.25, 0.3) is 0 Å². The predicted molar refractivity (Wildman–Crippen MR) is 71.8 cm³/mol. The number of likely N-dealkylation sites (tertiary alicyclic amines) is 1. The van der Waals surface area contributed by atoms with Crippen molar-refractivity contribution in [3.8, 4) is 11.5 Å². The minimum atomic E-state index is 0.331. The number of hydrogen-bond donors (Lipinski definition) is 2. The molecule has 1 aromatic rings. The molecule has 0 aliphatic carbocycles. The van der Waals surface area contributed by atoms with E-state index in [9.17, 15) is 5.11 Å². The zero-order chi connectivity index (χ0) is 13.0. The Bertz CT molecular complexity index is 395.